The number of aldehydes is 1. The standard InChI is InChI=1S/C35H38N4O8/c1-7-19-15(2)23(39-34(19)45)12-22-17(4)21(8-9-27(42)43)31(37-22)29-30(35(46)47-6)33(44)28-18(5)24(38-32(28)29)13-25-20(10-11-40)16(3)26(14-41)36-25/h7,12,14,29-30,36-38,40H,1,8-11,13H2,2-6H3,(H,39,45)(H,42,43)/b23-12-/t29-,30+/m1/s1. The number of H-pyrrole nitrogens is 3. The van der Waals surface area contributed by atoms with Crippen molar-refractivity contribution < 1.29 is 38.9 Å². The van der Waals surface area contributed by atoms with Gasteiger partial charge in [0.2, 0.25) is 0 Å². The Bertz CT molecular complexity index is 1910. The van der Waals surface area contributed by atoms with Crippen LogP contribution in [0.5, 0.6) is 0 Å². The van der Waals surface area contributed by atoms with Crippen LogP contribution in [0.1, 0.15) is 96.4 Å². The zero-order valence-electron chi connectivity index (χ0n) is 27.0. The molecule has 0 aromatic carbocycles. The van der Waals surface area contributed by atoms with Gasteiger partial charge >= 0.3 is 11.9 Å². The maximum absolute atomic E-state index is 14.0. The van der Waals surface area contributed by atoms with E-state index < -0.39 is 29.6 Å². The Morgan fingerprint density at radius 2 is 1.64 bits per heavy atom. The van der Waals surface area contributed by atoms with Gasteiger partial charge in [-0.05, 0) is 80.0 Å². The summed E-state index contributed by atoms with van der Waals surface area (Å²) in [5.74, 6) is -4.51. The molecule has 1 aliphatic carbocycles. The second kappa shape index (κ2) is 12.9. The molecule has 12 heteroatoms. The smallest absolute Gasteiger partial charge is 0.317 e. The van der Waals surface area contributed by atoms with Crippen LogP contribution in [0.25, 0.3) is 6.08 Å². The maximum Gasteiger partial charge on any atom is 0.317 e. The van der Waals surface area contributed by atoms with E-state index in [-0.39, 0.29) is 25.4 Å². The Hall–Kier alpha value is -5.23. The Balaban J connectivity index is 1.68. The second-order valence-electron chi connectivity index (χ2n) is 12.0. The number of allylic oxidation sites excluding steroid dienone is 1. The van der Waals surface area contributed by atoms with E-state index in [2.05, 4.69) is 26.8 Å². The quantitative estimate of drug-likeness (QED) is 0.0979. The average molecular weight is 643 g/mol. The lowest BCUT2D eigenvalue weighted by Crippen LogP contribution is -2.27. The van der Waals surface area contributed by atoms with Gasteiger partial charge < -0.3 is 35.2 Å². The molecule has 0 unspecified atom stereocenters. The first-order valence-corrected chi connectivity index (χ1v) is 15.3. The summed E-state index contributed by atoms with van der Waals surface area (Å²) >= 11 is 0. The van der Waals surface area contributed by atoms with Crippen LogP contribution in [-0.4, -0.2) is 68.8 Å². The van der Waals surface area contributed by atoms with E-state index in [1.54, 1.807) is 19.9 Å². The second-order valence-corrected chi connectivity index (χ2v) is 12.0. The number of carboxylic acids is 1. The molecular formula is C35H38N4O8. The highest BCUT2D eigenvalue weighted by atomic mass is 16.5. The molecule has 2 aliphatic rings. The van der Waals surface area contributed by atoms with E-state index in [0.29, 0.717) is 80.4 Å². The van der Waals surface area contributed by atoms with Crippen LogP contribution in [0.4, 0.5) is 0 Å². The number of hydrogen-bond acceptors (Lipinski definition) is 7. The van der Waals surface area contributed by atoms with Gasteiger partial charge in [0, 0.05) is 64.8 Å². The number of carboxylic acid groups (broad SMARTS) is 1. The summed E-state index contributed by atoms with van der Waals surface area (Å²) < 4.78 is 5.11. The maximum atomic E-state index is 14.0. The van der Waals surface area contributed by atoms with Crippen LogP contribution < -0.4 is 5.32 Å². The average Bonchev–Trinajstić information content (AvgIpc) is 3.77. The molecule has 0 saturated carbocycles. The molecule has 0 radical (unpaired) electrons. The molecule has 0 fully saturated rings. The third-order valence-electron chi connectivity index (χ3n) is 9.50. The van der Waals surface area contributed by atoms with Gasteiger partial charge in [-0.15, -0.1) is 0 Å². The molecule has 0 spiro atoms. The number of aliphatic hydroxyl groups excluding tert-OH is 1. The summed E-state index contributed by atoms with van der Waals surface area (Å²) in [6.07, 6.45) is 4.54. The predicted octanol–water partition coefficient (Wildman–Crippen LogP) is 3.64. The number of Topliss-reactive ketones (excluding diaryl/α,β-unsaturated/α-hetero) is 1. The summed E-state index contributed by atoms with van der Waals surface area (Å²) in [6.45, 7) is 10.8. The van der Waals surface area contributed by atoms with Crippen LogP contribution >= 0.6 is 0 Å². The van der Waals surface area contributed by atoms with Crippen molar-refractivity contribution in [3.05, 3.63) is 97.0 Å². The normalized spacial score (nSPS) is 18.2. The summed E-state index contributed by atoms with van der Waals surface area (Å²) in [5, 5.41) is 22.1. The highest BCUT2D eigenvalue weighted by Gasteiger charge is 2.50. The molecule has 2 atom stereocenters. The predicted molar refractivity (Wildman–Crippen MR) is 172 cm³/mol. The molecule has 5 rings (SSSR count). The van der Waals surface area contributed by atoms with Crippen LogP contribution in [-0.2, 0) is 38.4 Å². The molecule has 47 heavy (non-hydrogen) atoms. The monoisotopic (exact) mass is 642 g/mol. The molecule has 4 heterocycles. The number of methoxy groups -OCH3 is 1. The number of fused-ring (bicyclic) bond motifs is 1. The van der Waals surface area contributed by atoms with Crippen LogP contribution in [0.2, 0.25) is 0 Å². The van der Waals surface area contributed by atoms with Crippen LogP contribution in [0, 0.1) is 26.7 Å². The van der Waals surface area contributed by atoms with Crippen molar-refractivity contribution in [2.75, 3.05) is 13.7 Å². The van der Waals surface area contributed by atoms with Gasteiger partial charge in [0.25, 0.3) is 5.91 Å². The van der Waals surface area contributed by atoms with Crippen molar-refractivity contribution in [3.63, 3.8) is 0 Å². The molecule has 1 amide bonds. The Morgan fingerprint density at radius 3 is 2.23 bits per heavy atom. The molecule has 12 nitrogen and oxygen atoms in total. The Labute approximate surface area is 271 Å². The van der Waals surface area contributed by atoms with Crippen molar-refractivity contribution in [1.29, 1.82) is 0 Å². The number of aliphatic carboxylic acids is 1. The number of ketones is 1. The van der Waals surface area contributed by atoms with E-state index >= 15 is 0 Å². The van der Waals surface area contributed by atoms with Gasteiger partial charge in [0.05, 0.1) is 18.7 Å². The van der Waals surface area contributed by atoms with Gasteiger partial charge in [0.15, 0.2) is 12.1 Å². The molecule has 3 aromatic rings. The van der Waals surface area contributed by atoms with E-state index in [1.807, 2.05) is 13.8 Å². The van der Waals surface area contributed by atoms with E-state index in [1.165, 1.54) is 13.2 Å². The number of hydrogen-bond donors (Lipinski definition) is 6. The van der Waals surface area contributed by atoms with E-state index in [9.17, 15) is 34.2 Å². The number of aromatic amines is 3. The summed E-state index contributed by atoms with van der Waals surface area (Å²) in [7, 11) is 1.22. The summed E-state index contributed by atoms with van der Waals surface area (Å²) in [4.78, 5) is 73.1. The van der Waals surface area contributed by atoms with Gasteiger partial charge in [-0.25, -0.2) is 0 Å². The minimum atomic E-state index is -1.23. The molecule has 6 N–H and O–H groups in total. The fraction of sp³-hybridized carbons (Fsp3) is 0.343. The van der Waals surface area contributed by atoms with Gasteiger partial charge in [0.1, 0.15) is 5.92 Å². The minimum Gasteiger partial charge on any atom is -0.481 e. The van der Waals surface area contributed by atoms with Crippen molar-refractivity contribution in [1.82, 2.24) is 20.3 Å². The van der Waals surface area contributed by atoms with Crippen molar-refractivity contribution >= 4 is 36.0 Å². The molecule has 0 bridgehead atoms. The molecule has 1 aliphatic heterocycles. The highest BCUT2D eigenvalue weighted by Crippen LogP contribution is 2.47. The zero-order valence-corrected chi connectivity index (χ0v) is 27.0. The summed E-state index contributed by atoms with van der Waals surface area (Å²) in [5.41, 5.74) is 9.02. The number of ether oxygens (including phenoxy) is 1. The number of rotatable bonds is 12. The summed E-state index contributed by atoms with van der Waals surface area (Å²) in [6, 6.07) is 0. The van der Waals surface area contributed by atoms with Crippen LogP contribution in [0.3, 0.4) is 0 Å². The van der Waals surface area contributed by atoms with Gasteiger partial charge in [-0.1, -0.05) is 12.7 Å². The number of carbonyl (C=O) groups is 5. The molecular weight excluding hydrogens is 604 g/mol. The number of esters is 1. The third kappa shape index (κ3) is 5.58. The molecule has 0 saturated heterocycles. The molecule has 3 aromatic heterocycles. The number of carbonyl (C=O) groups excluding carboxylic acids is 4. The SMILES string of the molecule is C=CC1=C(C)/C(=C/c2[nH]c([C@@H]3c4[nH]c(Cc5[nH]c(C=O)c(C)c5CCO)c(C)c4C(=O)[C@H]3C(=O)OC)c(CCC(=O)O)c2C)NC1=O. The first-order chi connectivity index (χ1) is 22.4. The number of aliphatic hydroxyl groups is 1. The lowest BCUT2D eigenvalue weighted by Gasteiger charge is -2.19. The minimum absolute atomic E-state index is 0.108. The highest BCUT2D eigenvalue weighted by molar-refractivity contribution is 6.14. The number of amides is 1. The van der Waals surface area contributed by atoms with Crippen molar-refractivity contribution in [2.24, 2.45) is 5.92 Å². The number of aromatic nitrogens is 3. The lowest BCUT2D eigenvalue weighted by molar-refractivity contribution is -0.144. The van der Waals surface area contributed by atoms with Gasteiger partial charge in [-0.2, -0.15) is 0 Å². The number of nitrogens with one attached hydrogen (secondary N) is 4. The fourth-order valence-corrected chi connectivity index (χ4v) is 6.95. The third-order valence-corrected chi connectivity index (χ3v) is 9.50. The first-order valence-electron chi connectivity index (χ1n) is 15.3. The van der Waals surface area contributed by atoms with Gasteiger partial charge in [-0.3, -0.25) is 24.0 Å². The Kier molecular flexibility index (Phi) is 9.08. The Morgan fingerprint density at radius 1 is 0.936 bits per heavy atom. The lowest BCUT2D eigenvalue weighted by atomic mass is 9.87. The van der Waals surface area contributed by atoms with Crippen molar-refractivity contribution in [3.8, 4) is 0 Å². The fourth-order valence-electron chi connectivity index (χ4n) is 6.95. The molecule has 246 valence electrons. The van der Waals surface area contributed by atoms with E-state index in [0.717, 1.165) is 23.1 Å². The largest absolute Gasteiger partial charge is 0.481 e. The topological polar surface area (TPSA) is 194 Å². The zero-order chi connectivity index (χ0) is 34.3. The van der Waals surface area contributed by atoms with Crippen molar-refractivity contribution in [2.45, 2.75) is 59.3 Å². The van der Waals surface area contributed by atoms with E-state index in [4.69, 9.17) is 4.74 Å². The first kappa shape index (κ1) is 33.1. The van der Waals surface area contributed by atoms with Crippen LogP contribution in [0.15, 0.2) is 29.5 Å².